The number of aryl methyl sites for hydroxylation is 1. The fourth-order valence-corrected chi connectivity index (χ4v) is 1.52. The molecule has 0 spiro atoms. The summed E-state index contributed by atoms with van der Waals surface area (Å²) in [4.78, 5) is 16.2. The summed E-state index contributed by atoms with van der Waals surface area (Å²) in [5.41, 5.74) is 0.953. The van der Waals surface area contributed by atoms with Gasteiger partial charge >= 0.3 is 0 Å². The number of hydrogen-bond donors (Lipinski definition) is 0. The van der Waals surface area contributed by atoms with Crippen molar-refractivity contribution in [3.63, 3.8) is 0 Å². The highest BCUT2D eigenvalue weighted by atomic mass is 16.1. The van der Waals surface area contributed by atoms with E-state index in [1.165, 1.54) is 4.52 Å². The molecule has 0 amide bonds. The van der Waals surface area contributed by atoms with E-state index in [9.17, 15) is 4.79 Å². The minimum Gasteiger partial charge on any atom is -0.291 e. The molecule has 80 valence electrons. The zero-order valence-electron chi connectivity index (χ0n) is 9.35. The Morgan fingerprint density at radius 3 is 2.53 bits per heavy atom. The quantitative estimate of drug-likeness (QED) is 0.645. The Bertz CT molecular complexity index is 559. The molecule has 2 rings (SSSR count). The van der Waals surface area contributed by atoms with Crippen molar-refractivity contribution in [2.45, 2.75) is 33.2 Å². The Labute approximate surface area is 87.4 Å². The molecular weight excluding hydrogens is 192 g/mol. The molecule has 0 atom stereocenters. The van der Waals surface area contributed by atoms with E-state index in [1.807, 2.05) is 27.7 Å². The second-order valence-electron chi connectivity index (χ2n) is 4.60. The van der Waals surface area contributed by atoms with Crippen molar-refractivity contribution in [3.05, 3.63) is 28.7 Å². The molecule has 0 aliphatic rings. The molecule has 0 saturated heterocycles. The summed E-state index contributed by atoms with van der Waals surface area (Å²) in [5.74, 6) is 0. The SMILES string of the molecule is Cc1ncn2ncn(C(C)(C)C)c(=O)c12. The van der Waals surface area contributed by atoms with Crippen LogP contribution >= 0.6 is 0 Å². The van der Waals surface area contributed by atoms with Gasteiger partial charge in [-0.15, -0.1) is 0 Å². The van der Waals surface area contributed by atoms with Gasteiger partial charge in [0.05, 0.1) is 5.69 Å². The van der Waals surface area contributed by atoms with E-state index in [1.54, 1.807) is 17.2 Å². The summed E-state index contributed by atoms with van der Waals surface area (Å²) in [6, 6.07) is 0. The Morgan fingerprint density at radius 2 is 1.93 bits per heavy atom. The van der Waals surface area contributed by atoms with Crippen LogP contribution in [0.2, 0.25) is 0 Å². The first kappa shape index (κ1) is 9.89. The van der Waals surface area contributed by atoms with Gasteiger partial charge in [0.25, 0.3) is 5.56 Å². The van der Waals surface area contributed by atoms with Gasteiger partial charge in [-0.1, -0.05) is 0 Å². The van der Waals surface area contributed by atoms with Crippen molar-refractivity contribution in [2.75, 3.05) is 0 Å². The molecule has 0 aromatic carbocycles. The molecule has 5 heteroatoms. The van der Waals surface area contributed by atoms with Crippen LogP contribution < -0.4 is 5.56 Å². The van der Waals surface area contributed by atoms with Gasteiger partial charge in [-0.3, -0.25) is 9.36 Å². The monoisotopic (exact) mass is 206 g/mol. The lowest BCUT2D eigenvalue weighted by atomic mass is 10.1. The van der Waals surface area contributed by atoms with E-state index in [-0.39, 0.29) is 11.1 Å². The third kappa shape index (κ3) is 1.44. The Hall–Kier alpha value is -1.65. The Morgan fingerprint density at radius 1 is 1.27 bits per heavy atom. The van der Waals surface area contributed by atoms with Crippen LogP contribution in [0.15, 0.2) is 17.4 Å². The van der Waals surface area contributed by atoms with E-state index in [4.69, 9.17) is 0 Å². The summed E-state index contributed by atoms with van der Waals surface area (Å²) in [6.07, 6.45) is 3.11. The molecule has 5 nitrogen and oxygen atoms in total. The molecule has 0 radical (unpaired) electrons. The van der Waals surface area contributed by atoms with Crippen molar-refractivity contribution in [2.24, 2.45) is 0 Å². The van der Waals surface area contributed by atoms with Gasteiger partial charge in [-0.2, -0.15) is 5.10 Å². The number of imidazole rings is 1. The van der Waals surface area contributed by atoms with Crippen LogP contribution in [-0.4, -0.2) is 19.2 Å². The van der Waals surface area contributed by atoms with E-state index >= 15 is 0 Å². The largest absolute Gasteiger partial charge is 0.291 e. The molecule has 0 bridgehead atoms. The predicted molar refractivity (Wildman–Crippen MR) is 57.0 cm³/mol. The van der Waals surface area contributed by atoms with Crippen LogP contribution in [0.4, 0.5) is 0 Å². The molecule has 15 heavy (non-hydrogen) atoms. The predicted octanol–water partition coefficient (Wildman–Crippen LogP) is 0.954. The maximum atomic E-state index is 12.1. The second kappa shape index (κ2) is 2.92. The summed E-state index contributed by atoms with van der Waals surface area (Å²) in [6.45, 7) is 7.72. The lowest BCUT2D eigenvalue weighted by molar-refractivity contribution is 0.376. The van der Waals surface area contributed by atoms with E-state index < -0.39 is 0 Å². The highest BCUT2D eigenvalue weighted by molar-refractivity contribution is 5.48. The third-order valence-electron chi connectivity index (χ3n) is 2.37. The topological polar surface area (TPSA) is 52.2 Å². The third-order valence-corrected chi connectivity index (χ3v) is 2.37. The van der Waals surface area contributed by atoms with Gasteiger partial charge in [0.15, 0.2) is 5.52 Å². The van der Waals surface area contributed by atoms with E-state index in [2.05, 4.69) is 10.1 Å². The standard InChI is InChI=1S/C10H14N4O/c1-7-8-9(15)13(10(2,3)4)6-12-14(8)5-11-7/h5-6H,1-4H3. The molecule has 2 heterocycles. The molecule has 0 saturated carbocycles. The van der Waals surface area contributed by atoms with Crippen molar-refractivity contribution in [1.29, 1.82) is 0 Å². The highest BCUT2D eigenvalue weighted by Gasteiger charge is 2.17. The van der Waals surface area contributed by atoms with Gasteiger partial charge in [0.2, 0.25) is 0 Å². The molecule has 2 aromatic heterocycles. The Kier molecular flexibility index (Phi) is 1.92. The summed E-state index contributed by atoms with van der Waals surface area (Å²) in [7, 11) is 0. The average Bonchev–Trinajstić information content (AvgIpc) is 2.46. The number of hydrogen-bond acceptors (Lipinski definition) is 3. The van der Waals surface area contributed by atoms with Crippen LogP contribution in [0.25, 0.3) is 5.52 Å². The van der Waals surface area contributed by atoms with E-state index in [0.29, 0.717) is 11.2 Å². The second-order valence-corrected chi connectivity index (χ2v) is 4.60. The normalized spacial score (nSPS) is 12.3. The van der Waals surface area contributed by atoms with E-state index in [0.717, 1.165) is 0 Å². The number of fused-ring (bicyclic) bond motifs is 1. The van der Waals surface area contributed by atoms with Crippen LogP contribution in [-0.2, 0) is 5.54 Å². The van der Waals surface area contributed by atoms with Crippen molar-refractivity contribution in [3.8, 4) is 0 Å². The molecule has 0 aliphatic heterocycles. The first-order valence-corrected chi connectivity index (χ1v) is 4.83. The molecule has 0 N–H and O–H groups in total. The minimum atomic E-state index is -0.261. The molecule has 0 fully saturated rings. The number of rotatable bonds is 0. The van der Waals surface area contributed by atoms with Crippen LogP contribution in [0.1, 0.15) is 26.5 Å². The van der Waals surface area contributed by atoms with Gasteiger partial charge in [0.1, 0.15) is 12.7 Å². The molecular formula is C10H14N4O. The first-order chi connectivity index (χ1) is 6.91. The van der Waals surface area contributed by atoms with Crippen molar-refractivity contribution < 1.29 is 0 Å². The van der Waals surface area contributed by atoms with Crippen LogP contribution in [0.3, 0.4) is 0 Å². The molecule has 0 unspecified atom stereocenters. The lowest BCUT2D eigenvalue weighted by Crippen LogP contribution is -2.35. The highest BCUT2D eigenvalue weighted by Crippen LogP contribution is 2.10. The van der Waals surface area contributed by atoms with Crippen LogP contribution in [0.5, 0.6) is 0 Å². The summed E-state index contributed by atoms with van der Waals surface area (Å²) >= 11 is 0. The fourth-order valence-electron chi connectivity index (χ4n) is 1.52. The molecule has 2 aromatic rings. The zero-order chi connectivity index (χ0) is 11.2. The number of nitrogens with zero attached hydrogens (tertiary/aromatic N) is 4. The van der Waals surface area contributed by atoms with Gasteiger partial charge < -0.3 is 0 Å². The molecule has 0 aliphatic carbocycles. The van der Waals surface area contributed by atoms with Crippen molar-refractivity contribution in [1.82, 2.24) is 19.2 Å². The van der Waals surface area contributed by atoms with Crippen LogP contribution in [0, 0.1) is 6.92 Å². The maximum Gasteiger partial charge on any atom is 0.280 e. The summed E-state index contributed by atoms with van der Waals surface area (Å²) < 4.78 is 3.14. The summed E-state index contributed by atoms with van der Waals surface area (Å²) in [5, 5.41) is 4.15. The lowest BCUT2D eigenvalue weighted by Gasteiger charge is -2.21. The maximum absolute atomic E-state index is 12.1. The van der Waals surface area contributed by atoms with Gasteiger partial charge in [-0.25, -0.2) is 9.50 Å². The zero-order valence-corrected chi connectivity index (χ0v) is 9.35. The van der Waals surface area contributed by atoms with Crippen molar-refractivity contribution >= 4 is 5.52 Å². The fraction of sp³-hybridized carbons (Fsp3) is 0.500. The van der Waals surface area contributed by atoms with Gasteiger partial charge in [-0.05, 0) is 27.7 Å². The minimum absolute atomic E-state index is 0.0486. The Balaban J connectivity index is 2.87. The smallest absolute Gasteiger partial charge is 0.280 e. The average molecular weight is 206 g/mol. The first-order valence-electron chi connectivity index (χ1n) is 4.83. The van der Waals surface area contributed by atoms with Gasteiger partial charge in [0, 0.05) is 5.54 Å². The number of aromatic nitrogens is 4.